The van der Waals surface area contributed by atoms with Crippen LogP contribution in [0.5, 0.6) is 0 Å². The highest BCUT2D eigenvalue weighted by Crippen LogP contribution is 2.13. The molecule has 4 amide bonds. The highest BCUT2D eigenvalue weighted by atomic mass is 16.2. The van der Waals surface area contributed by atoms with E-state index in [0.717, 1.165) is 0 Å². The first-order valence-electron chi connectivity index (χ1n) is 6.68. The number of amides is 4. The molecule has 0 radical (unpaired) electrons. The van der Waals surface area contributed by atoms with Crippen LogP contribution < -0.4 is 11.1 Å². The number of anilines is 2. The largest absolute Gasteiger partial charge is 0.399 e. The van der Waals surface area contributed by atoms with Crippen molar-refractivity contribution in [2.45, 2.75) is 12.8 Å². The fourth-order valence-electron chi connectivity index (χ4n) is 2.13. The van der Waals surface area contributed by atoms with Crippen LogP contribution in [0.2, 0.25) is 0 Å². The van der Waals surface area contributed by atoms with Crippen LogP contribution in [-0.4, -0.2) is 47.8 Å². The van der Waals surface area contributed by atoms with Gasteiger partial charge in [0.25, 0.3) is 0 Å². The van der Waals surface area contributed by atoms with Crippen LogP contribution in [0.15, 0.2) is 24.3 Å². The second kappa shape index (κ2) is 6.25. The van der Waals surface area contributed by atoms with Crippen molar-refractivity contribution in [3.63, 3.8) is 0 Å². The van der Waals surface area contributed by atoms with E-state index in [9.17, 15) is 14.4 Å². The zero-order valence-corrected chi connectivity index (χ0v) is 11.8. The molecule has 0 unspecified atom stereocenters. The Balaban J connectivity index is 1.77. The van der Waals surface area contributed by atoms with Gasteiger partial charge in [0.05, 0.1) is 0 Å². The average Bonchev–Trinajstić information content (AvgIpc) is 2.65. The van der Waals surface area contributed by atoms with Crippen molar-refractivity contribution in [1.29, 1.82) is 0 Å². The topological polar surface area (TPSA) is 95.7 Å². The molecule has 1 aromatic rings. The Morgan fingerprint density at radius 3 is 2.76 bits per heavy atom. The average molecular weight is 290 g/mol. The molecule has 1 aliphatic heterocycles. The molecule has 0 bridgehead atoms. The number of nitrogens with one attached hydrogen (secondary N) is 1. The molecular weight excluding hydrogens is 272 g/mol. The summed E-state index contributed by atoms with van der Waals surface area (Å²) in [6.07, 6.45) is 0.662. The third kappa shape index (κ3) is 3.71. The molecule has 7 heteroatoms. The Kier molecular flexibility index (Phi) is 4.42. The maximum Gasteiger partial charge on any atom is 0.326 e. The summed E-state index contributed by atoms with van der Waals surface area (Å²) in [6.45, 7) is 0.362. The van der Waals surface area contributed by atoms with Crippen molar-refractivity contribution in [2.24, 2.45) is 0 Å². The van der Waals surface area contributed by atoms with Crippen molar-refractivity contribution in [3.05, 3.63) is 24.3 Å². The van der Waals surface area contributed by atoms with Crippen LogP contribution in [-0.2, 0) is 9.59 Å². The van der Waals surface area contributed by atoms with Gasteiger partial charge in [0.1, 0.15) is 6.54 Å². The van der Waals surface area contributed by atoms with E-state index in [1.165, 1.54) is 9.80 Å². The van der Waals surface area contributed by atoms with Crippen LogP contribution in [0.4, 0.5) is 16.2 Å². The molecule has 112 valence electrons. The number of hydrogen-bond acceptors (Lipinski definition) is 4. The van der Waals surface area contributed by atoms with Crippen molar-refractivity contribution in [2.75, 3.05) is 31.2 Å². The van der Waals surface area contributed by atoms with Crippen molar-refractivity contribution >= 4 is 29.2 Å². The van der Waals surface area contributed by atoms with Gasteiger partial charge in [-0.3, -0.25) is 14.5 Å². The van der Waals surface area contributed by atoms with Gasteiger partial charge in [0.2, 0.25) is 11.8 Å². The number of nitrogens with two attached hydrogens (primary N) is 1. The van der Waals surface area contributed by atoms with Gasteiger partial charge in [0, 0.05) is 31.4 Å². The van der Waals surface area contributed by atoms with Gasteiger partial charge in [0.15, 0.2) is 0 Å². The molecule has 7 nitrogen and oxygen atoms in total. The fraction of sp³-hybridized carbons (Fsp3) is 0.357. The van der Waals surface area contributed by atoms with Gasteiger partial charge in [-0.05, 0) is 24.6 Å². The number of imide groups is 1. The fourth-order valence-corrected chi connectivity index (χ4v) is 2.13. The smallest absolute Gasteiger partial charge is 0.326 e. The highest BCUT2D eigenvalue weighted by molar-refractivity contribution is 6.01. The Bertz CT molecular complexity index is 573. The van der Waals surface area contributed by atoms with Crippen LogP contribution in [0.25, 0.3) is 0 Å². The summed E-state index contributed by atoms with van der Waals surface area (Å²) in [7, 11) is 1.58. The third-order valence-electron chi connectivity index (χ3n) is 3.19. The Morgan fingerprint density at radius 2 is 2.14 bits per heavy atom. The molecule has 0 atom stereocenters. The minimum atomic E-state index is -0.309. The van der Waals surface area contributed by atoms with Crippen LogP contribution in [0.1, 0.15) is 12.8 Å². The van der Waals surface area contributed by atoms with E-state index in [4.69, 9.17) is 5.73 Å². The zero-order valence-electron chi connectivity index (χ0n) is 11.8. The minimum absolute atomic E-state index is 0.105. The van der Waals surface area contributed by atoms with Crippen molar-refractivity contribution in [3.8, 4) is 0 Å². The number of nitrogens with zero attached hydrogens (tertiary/aromatic N) is 2. The summed E-state index contributed by atoms with van der Waals surface area (Å²) < 4.78 is 0. The Morgan fingerprint density at radius 1 is 1.38 bits per heavy atom. The lowest BCUT2D eigenvalue weighted by molar-refractivity contribution is -0.125. The number of urea groups is 1. The van der Waals surface area contributed by atoms with Gasteiger partial charge in [-0.2, -0.15) is 0 Å². The van der Waals surface area contributed by atoms with Gasteiger partial charge in [-0.25, -0.2) is 4.79 Å². The van der Waals surface area contributed by atoms with Gasteiger partial charge >= 0.3 is 6.03 Å². The summed E-state index contributed by atoms with van der Waals surface area (Å²) in [4.78, 5) is 37.5. The van der Waals surface area contributed by atoms with Gasteiger partial charge in [-0.15, -0.1) is 0 Å². The van der Waals surface area contributed by atoms with Gasteiger partial charge in [-0.1, -0.05) is 6.07 Å². The Labute approximate surface area is 122 Å². The van der Waals surface area contributed by atoms with E-state index in [2.05, 4.69) is 5.32 Å². The lowest BCUT2D eigenvalue weighted by Crippen LogP contribution is -2.32. The molecular formula is C14H18N4O3. The van der Waals surface area contributed by atoms with E-state index in [0.29, 0.717) is 17.8 Å². The lowest BCUT2D eigenvalue weighted by atomic mass is 10.2. The summed E-state index contributed by atoms with van der Waals surface area (Å²) in [6, 6.07) is 6.59. The normalized spacial score (nSPS) is 14.7. The second-order valence-corrected chi connectivity index (χ2v) is 4.96. The Hall–Kier alpha value is -2.57. The number of carbonyl (C=O) groups excluding carboxylic acids is 3. The van der Waals surface area contributed by atoms with E-state index in [-0.39, 0.29) is 37.4 Å². The molecule has 1 fully saturated rings. The van der Waals surface area contributed by atoms with Crippen LogP contribution in [0, 0.1) is 0 Å². The number of benzene rings is 1. The predicted molar refractivity (Wildman–Crippen MR) is 78.5 cm³/mol. The molecule has 1 aromatic carbocycles. The number of nitrogen functional groups attached to an aromatic ring is 1. The number of likely N-dealkylation sites (N-methyl/N-ethyl adjacent to an activating group) is 1. The standard InChI is InChI=1S/C14H18N4O3/c1-17-9-13(20)18(14(17)21)7-3-6-12(19)16-11-5-2-4-10(15)8-11/h2,4-5,8H,3,6-7,9,15H2,1H3,(H,16,19). The van der Waals surface area contributed by atoms with Crippen molar-refractivity contribution in [1.82, 2.24) is 9.80 Å². The lowest BCUT2D eigenvalue weighted by Gasteiger charge is -2.13. The predicted octanol–water partition coefficient (Wildman–Crippen LogP) is 0.881. The molecule has 0 saturated carbocycles. The minimum Gasteiger partial charge on any atom is -0.399 e. The molecule has 1 saturated heterocycles. The highest BCUT2D eigenvalue weighted by Gasteiger charge is 2.32. The molecule has 0 spiro atoms. The summed E-state index contributed by atoms with van der Waals surface area (Å²) in [5, 5.41) is 2.72. The third-order valence-corrected chi connectivity index (χ3v) is 3.19. The van der Waals surface area contributed by atoms with E-state index >= 15 is 0 Å². The summed E-state index contributed by atoms with van der Waals surface area (Å²) >= 11 is 0. The zero-order chi connectivity index (χ0) is 15.4. The van der Waals surface area contributed by atoms with Crippen molar-refractivity contribution < 1.29 is 14.4 Å². The van der Waals surface area contributed by atoms with E-state index < -0.39 is 0 Å². The maximum absolute atomic E-state index is 11.8. The first-order chi connectivity index (χ1) is 9.97. The maximum atomic E-state index is 11.8. The first-order valence-corrected chi connectivity index (χ1v) is 6.68. The molecule has 21 heavy (non-hydrogen) atoms. The summed E-state index contributed by atoms with van der Waals surface area (Å²) in [5.74, 6) is -0.396. The number of hydrogen-bond donors (Lipinski definition) is 2. The molecule has 2 rings (SSSR count). The van der Waals surface area contributed by atoms with E-state index in [1.54, 1.807) is 31.3 Å². The van der Waals surface area contributed by atoms with E-state index in [1.807, 2.05) is 0 Å². The van der Waals surface area contributed by atoms with Crippen LogP contribution in [0.3, 0.4) is 0 Å². The molecule has 0 aromatic heterocycles. The quantitative estimate of drug-likeness (QED) is 0.621. The molecule has 1 aliphatic rings. The number of rotatable bonds is 5. The summed E-state index contributed by atoms with van der Waals surface area (Å²) in [5.41, 5.74) is 6.83. The number of carbonyl (C=O) groups is 3. The molecule has 3 N–H and O–H groups in total. The van der Waals surface area contributed by atoms with Gasteiger partial charge < -0.3 is 16.0 Å². The van der Waals surface area contributed by atoms with Crippen LogP contribution >= 0.6 is 0 Å². The second-order valence-electron chi connectivity index (χ2n) is 4.96. The molecule has 0 aliphatic carbocycles. The first kappa shape index (κ1) is 14.8. The monoisotopic (exact) mass is 290 g/mol. The SMILES string of the molecule is CN1CC(=O)N(CCCC(=O)Nc2cccc(N)c2)C1=O. The molecule has 1 heterocycles.